The second-order valence-corrected chi connectivity index (χ2v) is 4.50. The van der Waals surface area contributed by atoms with Crippen LogP contribution < -0.4 is 10.5 Å². The van der Waals surface area contributed by atoms with E-state index in [9.17, 15) is 8.78 Å². The van der Waals surface area contributed by atoms with E-state index in [1.54, 1.807) is 19.2 Å². The molecule has 0 amide bonds. The van der Waals surface area contributed by atoms with Gasteiger partial charge in [-0.15, -0.1) is 0 Å². The monoisotopic (exact) mass is 227 g/mol. The third-order valence-electron chi connectivity index (χ3n) is 3.21. The minimum atomic E-state index is -2.78. The zero-order valence-electron chi connectivity index (χ0n) is 9.60. The molecular weight excluding hydrogens is 212 g/mol. The largest absolute Gasteiger partial charge is 0.496 e. The van der Waals surface area contributed by atoms with Crippen molar-refractivity contribution < 1.29 is 13.5 Å². The molecule has 16 heavy (non-hydrogen) atoms. The molecule has 4 heteroatoms. The maximum absolute atomic E-state index is 13.2. The average molecular weight is 227 g/mol. The van der Waals surface area contributed by atoms with Crippen LogP contribution in [-0.4, -0.2) is 13.0 Å². The van der Waals surface area contributed by atoms with E-state index < -0.39 is 11.5 Å². The smallest absolute Gasteiger partial charge is 0.272 e. The van der Waals surface area contributed by atoms with Gasteiger partial charge in [0.1, 0.15) is 11.3 Å². The number of aryl methyl sites for hydroxylation is 2. The molecule has 0 radical (unpaired) electrons. The van der Waals surface area contributed by atoms with E-state index in [0.29, 0.717) is 5.56 Å². The minimum absolute atomic E-state index is 0.273. The third kappa shape index (κ3) is 1.40. The van der Waals surface area contributed by atoms with Crippen molar-refractivity contribution in [1.29, 1.82) is 0 Å². The summed E-state index contributed by atoms with van der Waals surface area (Å²) in [6.07, 6.45) is -0.273. The molecule has 1 aromatic carbocycles. The highest BCUT2D eigenvalue weighted by molar-refractivity contribution is 5.48. The van der Waals surface area contributed by atoms with E-state index >= 15 is 0 Å². The quantitative estimate of drug-likeness (QED) is 0.842. The molecule has 1 unspecified atom stereocenters. The Morgan fingerprint density at radius 2 is 1.69 bits per heavy atom. The predicted molar refractivity (Wildman–Crippen MR) is 57.9 cm³/mol. The number of hydrogen-bond acceptors (Lipinski definition) is 2. The Kier molecular flexibility index (Phi) is 2.24. The molecule has 2 rings (SSSR count). The van der Waals surface area contributed by atoms with E-state index in [0.717, 1.165) is 16.9 Å². The highest BCUT2D eigenvalue weighted by atomic mass is 19.3. The third-order valence-corrected chi connectivity index (χ3v) is 3.21. The average Bonchev–Trinajstić information content (AvgIpc) is 2.66. The highest BCUT2D eigenvalue weighted by Crippen LogP contribution is 2.58. The van der Waals surface area contributed by atoms with Gasteiger partial charge >= 0.3 is 0 Å². The number of nitrogens with two attached hydrogens (primary N) is 1. The van der Waals surface area contributed by atoms with E-state index in [1.165, 1.54) is 0 Å². The number of rotatable bonds is 2. The van der Waals surface area contributed by atoms with Gasteiger partial charge in [0.25, 0.3) is 5.92 Å². The van der Waals surface area contributed by atoms with Crippen molar-refractivity contribution in [2.45, 2.75) is 31.7 Å². The van der Waals surface area contributed by atoms with Crippen LogP contribution in [-0.2, 0) is 5.54 Å². The SMILES string of the molecule is COc1c(C)cc(C2(N)CC2(F)F)cc1C. The summed E-state index contributed by atoms with van der Waals surface area (Å²) in [5.41, 5.74) is 6.38. The summed E-state index contributed by atoms with van der Waals surface area (Å²) in [4.78, 5) is 0. The summed E-state index contributed by atoms with van der Waals surface area (Å²) >= 11 is 0. The van der Waals surface area contributed by atoms with Gasteiger partial charge in [0, 0.05) is 6.42 Å². The van der Waals surface area contributed by atoms with Crippen LogP contribution in [0, 0.1) is 13.8 Å². The van der Waals surface area contributed by atoms with Crippen LogP contribution >= 0.6 is 0 Å². The first-order valence-electron chi connectivity index (χ1n) is 5.14. The Hall–Kier alpha value is -1.16. The van der Waals surface area contributed by atoms with Crippen molar-refractivity contribution >= 4 is 0 Å². The van der Waals surface area contributed by atoms with Gasteiger partial charge in [-0.25, -0.2) is 8.78 Å². The lowest BCUT2D eigenvalue weighted by molar-refractivity contribution is 0.0891. The molecule has 1 atom stereocenters. The molecule has 0 heterocycles. The fraction of sp³-hybridized carbons (Fsp3) is 0.500. The zero-order valence-corrected chi connectivity index (χ0v) is 9.60. The fourth-order valence-corrected chi connectivity index (χ4v) is 2.15. The summed E-state index contributed by atoms with van der Waals surface area (Å²) in [6.45, 7) is 3.67. The normalized spacial score (nSPS) is 26.6. The van der Waals surface area contributed by atoms with Crippen LogP contribution in [0.1, 0.15) is 23.1 Å². The Balaban J connectivity index is 2.46. The van der Waals surface area contributed by atoms with Gasteiger partial charge in [0.15, 0.2) is 0 Å². The Bertz CT molecular complexity index is 422. The van der Waals surface area contributed by atoms with Gasteiger partial charge in [-0.3, -0.25) is 0 Å². The van der Waals surface area contributed by atoms with Crippen LogP contribution in [0.15, 0.2) is 12.1 Å². The maximum Gasteiger partial charge on any atom is 0.272 e. The predicted octanol–water partition coefficient (Wildman–Crippen LogP) is 2.51. The first kappa shape index (κ1) is 11.3. The van der Waals surface area contributed by atoms with Crippen molar-refractivity contribution in [2.75, 3.05) is 7.11 Å². The molecule has 0 bridgehead atoms. The van der Waals surface area contributed by atoms with E-state index in [2.05, 4.69) is 0 Å². The van der Waals surface area contributed by atoms with Gasteiger partial charge in [0.05, 0.1) is 7.11 Å². The van der Waals surface area contributed by atoms with Crippen LogP contribution in [0.4, 0.5) is 8.78 Å². The number of hydrogen-bond donors (Lipinski definition) is 1. The second-order valence-electron chi connectivity index (χ2n) is 4.50. The standard InChI is InChI=1S/C12H15F2NO/c1-7-4-9(5-8(2)10(7)16-3)11(15)6-12(11,13)14/h4-5H,6,15H2,1-3H3. The molecule has 1 aromatic rings. The number of benzene rings is 1. The molecule has 1 aliphatic carbocycles. The van der Waals surface area contributed by atoms with Crippen molar-refractivity contribution in [3.63, 3.8) is 0 Å². The van der Waals surface area contributed by atoms with Gasteiger partial charge in [-0.05, 0) is 30.5 Å². The van der Waals surface area contributed by atoms with Crippen molar-refractivity contribution in [3.8, 4) is 5.75 Å². The molecule has 1 aliphatic rings. The number of methoxy groups -OCH3 is 1. The second kappa shape index (κ2) is 3.17. The molecule has 2 nitrogen and oxygen atoms in total. The molecule has 2 N–H and O–H groups in total. The van der Waals surface area contributed by atoms with Crippen molar-refractivity contribution in [1.82, 2.24) is 0 Å². The minimum Gasteiger partial charge on any atom is -0.496 e. The van der Waals surface area contributed by atoms with Gasteiger partial charge < -0.3 is 10.5 Å². The lowest BCUT2D eigenvalue weighted by Crippen LogP contribution is -2.27. The molecule has 88 valence electrons. The number of halogens is 2. The summed E-state index contributed by atoms with van der Waals surface area (Å²) in [7, 11) is 1.57. The molecule has 0 aliphatic heterocycles. The van der Waals surface area contributed by atoms with Crippen LogP contribution in [0.5, 0.6) is 5.75 Å². The molecular formula is C12H15F2NO. The molecule has 0 saturated heterocycles. The molecule has 0 spiro atoms. The summed E-state index contributed by atoms with van der Waals surface area (Å²) in [5.74, 6) is -2.04. The summed E-state index contributed by atoms with van der Waals surface area (Å²) < 4.78 is 31.5. The van der Waals surface area contributed by atoms with Gasteiger partial charge in [-0.2, -0.15) is 0 Å². The molecule has 1 saturated carbocycles. The molecule has 1 fully saturated rings. The lowest BCUT2D eigenvalue weighted by atomic mass is 9.99. The van der Waals surface area contributed by atoms with Gasteiger partial charge in [-0.1, -0.05) is 12.1 Å². The lowest BCUT2D eigenvalue weighted by Gasteiger charge is -2.15. The Morgan fingerprint density at radius 1 is 1.25 bits per heavy atom. The Morgan fingerprint density at radius 3 is 2.00 bits per heavy atom. The highest BCUT2D eigenvalue weighted by Gasteiger charge is 2.70. The first-order chi connectivity index (χ1) is 7.32. The summed E-state index contributed by atoms with van der Waals surface area (Å²) in [5, 5.41) is 0. The summed E-state index contributed by atoms with van der Waals surface area (Å²) in [6, 6.07) is 3.37. The first-order valence-corrected chi connectivity index (χ1v) is 5.14. The van der Waals surface area contributed by atoms with Crippen LogP contribution in [0.25, 0.3) is 0 Å². The fourth-order valence-electron chi connectivity index (χ4n) is 2.15. The van der Waals surface area contributed by atoms with Crippen molar-refractivity contribution in [2.24, 2.45) is 5.73 Å². The Labute approximate surface area is 93.4 Å². The van der Waals surface area contributed by atoms with Crippen LogP contribution in [0.2, 0.25) is 0 Å². The van der Waals surface area contributed by atoms with Crippen LogP contribution in [0.3, 0.4) is 0 Å². The van der Waals surface area contributed by atoms with Crippen molar-refractivity contribution in [3.05, 3.63) is 28.8 Å². The number of ether oxygens (including phenoxy) is 1. The zero-order chi connectivity index (χ0) is 12.1. The van der Waals surface area contributed by atoms with E-state index in [-0.39, 0.29) is 6.42 Å². The maximum atomic E-state index is 13.2. The van der Waals surface area contributed by atoms with E-state index in [1.807, 2.05) is 13.8 Å². The number of alkyl halides is 2. The topological polar surface area (TPSA) is 35.2 Å². The van der Waals surface area contributed by atoms with Gasteiger partial charge in [0.2, 0.25) is 0 Å². The van der Waals surface area contributed by atoms with E-state index in [4.69, 9.17) is 10.5 Å². The molecule has 0 aromatic heterocycles.